The molecule has 0 aromatic carbocycles. The molecule has 3 rings (SSSR count). The smallest absolute Gasteiger partial charge is 0.379 e. The number of hydrogen-bond acceptors (Lipinski definition) is 7. The predicted molar refractivity (Wildman–Crippen MR) is 234 cm³/mol. The Kier molecular flexibility index (Phi) is 32.1. The molecule has 0 bridgehead atoms. The highest BCUT2D eigenvalue weighted by Gasteiger charge is 2.25. The van der Waals surface area contributed by atoms with Gasteiger partial charge < -0.3 is 19.1 Å². The number of unbranched alkanes of at least 4 members (excludes halogenated alkanes) is 20. The second-order valence-electron chi connectivity index (χ2n) is 18.0. The van der Waals surface area contributed by atoms with Crippen molar-refractivity contribution >= 4 is 7.82 Å². The SMILES string of the molecule is O=P(O)(OCCN1CCOCC1)OCC(COCCCCCCCCCCCCCC1CCCCC1)OCCCCCCCCCCCCCC1CCCCC1. The van der Waals surface area contributed by atoms with Gasteiger partial charge in [0.05, 0.1) is 33.0 Å². The lowest BCUT2D eigenvalue weighted by Crippen LogP contribution is -2.38. The molecule has 1 N–H and O–H groups in total. The molecule has 56 heavy (non-hydrogen) atoms. The Balaban J connectivity index is 1.15. The van der Waals surface area contributed by atoms with E-state index >= 15 is 0 Å². The molecule has 9 heteroatoms. The summed E-state index contributed by atoms with van der Waals surface area (Å²) in [6.07, 6.45) is 46.6. The number of hydrogen-bond donors (Lipinski definition) is 1. The van der Waals surface area contributed by atoms with Gasteiger partial charge in [0.25, 0.3) is 0 Å². The Morgan fingerprint density at radius 1 is 0.518 bits per heavy atom. The van der Waals surface area contributed by atoms with E-state index in [1.54, 1.807) is 0 Å². The van der Waals surface area contributed by atoms with Crippen LogP contribution in [0.1, 0.15) is 218 Å². The fraction of sp³-hybridized carbons (Fsp3) is 1.00. The van der Waals surface area contributed by atoms with Crippen molar-refractivity contribution in [2.24, 2.45) is 11.8 Å². The fourth-order valence-electron chi connectivity index (χ4n) is 9.24. The van der Waals surface area contributed by atoms with Crippen LogP contribution in [0.4, 0.5) is 0 Å². The van der Waals surface area contributed by atoms with Crippen LogP contribution in [0.3, 0.4) is 0 Å². The lowest BCUT2D eigenvalue weighted by atomic mass is 9.85. The number of morpholine rings is 1. The fourth-order valence-corrected chi connectivity index (χ4v) is 9.98. The zero-order valence-electron chi connectivity index (χ0n) is 36.6. The molecule has 2 unspecified atom stereocenters. The van der Waals surface area contributed by atoms with Gasteiger partial charge in [-0.2, -0.15) is 0 Å². The van der Waals surface area contributed by atoms with E-state index < -0.39 is 7.82 Å². The molecule has 2 saturated carbocycles. The van der Waals surface area contributed by atoms with Crippen LogP contribution in [-0.4, -0.2) is 81.8 Å². The molecule has 0 aromatic heterocycles. The summed E-state index contributed by atoms with van der Waals surface area (Å²) in [5, 5.41) is 0. The number of phosphoric acid groups is 1. The quantitative estimate of drug-likeness (QED) is 0.0487. The highest BCUT2D eigenvalue weighted by Crippen LogP contribution is 2.43. The first-order valence-electron chi connectivity index (χ1n) is 24.7. The second-order valence-corrected chi connectivity index (χ2v) is 19.4. The maximum Gasteiger partial charge on any atom is 0.472 e. The van der Waals surface area contributed by atoms with E-state index in [0.717, 1.165) is 44.2 Å². The van der Waals surface area contributed by atoms with Gasteiger partial charge in [-0.25, -0.2) is 4.57 Å². The van der Waals surface area contributed by atoms with Crippen LogP contribution in [0, 0.1) is 11.8 Å². The van der Waals surface area contributed by atoms with Crippen LogP contribution in [0.5, 0.6) is 0 Å². The van der Waals surface area contributed by atoms with Gasteiger partial charge in [0.1, 0.15) is 6.10 Å². The molecular formula is C47H92NO7P. The maximum absolute atomic E-state index is 12.6. The second kappa shape index (κ2) is 35.7. The van der Waals surface area contributed by atoms with E-state index in [1.807, 2.05) is 0 Å². The minimum atomic E-state index is -4.16. The molecule has 2 aliphatic carbocycles. The molecule has 3 aliphatic rings. The molecule has 332 valence electrons. The standard InChI is InChI=1S/C47H92NO7P/c49-56(50,54-42-37-48-35-40-51-41-36-48)55-44-47(53-39-28-18-14-10-6-2-4-8-12-16-22-30-46-33-25-20-26-34-46)43-52-38-27-17-13-9-5-1-3-7-11-15-21-29-45-31-23-19-24-32-45/h45-47H,1-44H2,(H,49,50). The Hall–Kier alpha value is -0.0500. The van der Waals surface area contributed by atoms with E-state index in [-0.39, 0.29) is 19.3 Å². The summed E-state index contributed by atoms with van der Waals surface area (Å²) < 4.78 is 40.9. The monoisotopic (exact) mass is 814 g/mol. The van der Waals surface area contributed by atoms with Gasteiger partial charge in [0, 0.05) is 32.8 Å². The summed E-state index contributed by atoms with van der Waals surface area (Å²) in [6.45, 7) is 5.40. The molecule has 3 fully saturated rings. The van der Waals surface area contributed by atoms with Crippen LogP contribution in [0.25, 0.3) is 0 Å². The van der Waals surface area contributed by atoms with Crippen molar-refractivity contribution < 1.29 is 32.7 Å². The Morgan fingerprint density at radius 3 is 1.43 bits per heavy atom. The van der Waals surface area contributed by atoms with Crippen molar-refractivity contribution in [2.75, 3.05) is 65.9 Å². The molecule has 1 aliphatic heterocycles. The van der Waals surface area contributed by atoms with Crippen molar-refractivity contribution in [2.45, 2.75) is 224 Å². The first kappa shape index (κ1) is 50.3. The topological polar surface area (TPSA) is 86.7 Å². The first-order valence-corrected chi connectivity index (χ1v) is 26.2. The largest absolute Gasteiger partial charge is 0.472 e. The molecule has 0 spiro atoms. The van der Waals surface area contributed by atoms with Gasteiger partial charge in [-0.3, -0.25) is 13.9 Å². The number of ether oxygens (including phenoxy) is 3. The van der Waals surface area contributed by atoms with Gasteiger partial charge in [0.2, 0.25) is 0 Å². The van der Waals surface area contributed by atoms with Crippen molar-refractivity contribution in [3.63, 3.8) is 0 Å². The minimum absolute atomic E-state index is 0.00751. The Morgan fingerprint density at radius 2 is 0.946 bits per heavy atom. The Labute approximate surface area is 346 Å². The molecule has 0 aromatic rings. The first-order chi connectivity index (χ1) is 27.6. The molecule has 2 atom stereocenters. The minimum Gasteiger partial charge on any atom is -0.379 e. The Bertz CT molecular complexity index is 894. The summed E-state index contributed by atoms with van der Waals surface area (Å²) in [5.74, 6) is 2.09. The van der Waals surface area contributed by atoms with E-state index in [9.17, 15) is 9.46 Å². The lowest BCUT2D eigenvalue weighted by Gasteiger charge is -2.26. The van der Waals surface area contributed by atoms with Crippen LogP contribution < -0.4 is 0 Å². The third kappa shape index (κ3) is 29.2. The van der Waals surface area contributed by atoms with Gasteiger partial charge in [-0.15, -0.1) is 0 Å². The highest BCUT2D eigenvalue weighted by molar-refractivity contribution is 7.47. The summed E-state index contributed by atoms with van der Waals surface area (Å²) in [7, 11) is -4.16. The summed E-state index contributed by atoms with van der Waals surface area (Å²) >= 11 is 0. The van der Waals surface area contributed by atoms with Crippen molar-refractivity contribution in [1.82, 2.24) is 4.90 Å². The van der Waals surface area contributed by atoms with E-state index in [0.29, 0.717) is 39.6 Å². The number of phosphoric ester groups is 1. The maximum atomic E-state index is 12.6. The van der Waals surface area contributed by atoms with Crippen molar-refractivity contribution in [3.05, 3.63) is 0 Å². The van der Waals surface area contributed by atoms with E-state index in [1.165, 1.54) is 199 Å². The molecule has 0 amide bonds. The zero-order chi connectivity index (χ0) is 39.5. The average Bonchev–Trinajstić information content (AvgIpc) is 3.22. The van der Waals surface area contributed by atoms with Crippen LogP contribution in [-0.2, 0) is 27.8 Å². The number of nitrogens with zero attached hydrogens (tertiary/aromatic N) is 1. The van der Waals surface area contributed by atoms with Gasteiger partial charge in [-0.1, -0.05) is 205 Å². The van der Waals surface area contributed by atoms with Crippen molar-refractivity contribution in [3.8, 4) is 0 Å². The normalized spacial score (nSPS) is 19.4. The third-order valence-electron chi connectivity index (χ3n) is 13.0. The zero-order valence-corrected chi connectivity index (χ0v) is 37.5. The van der Waals surface area contributed by atoms with E-state index in [4.69, 9.17) is 23.3 Å². The highest BCUT2D eigenvalue weighted by atomic mass is 31.2. The molecular weight excluding hydrogens is 721 g/mol. The summed E-state index contributed by atoms with van der Waals surface area (Å²) in [5.41, 5.74) is 0. The molecule has 1 heterocycles. The summed E-state index contributed by atoms with van der Waals surface area (Å²) in [4.78, 5) is 12.5. The van der Waals surface area contributed by atoms with Gasteiger partial charge in [0.15, 0.2) is 0 Å². The molecule has 8 nitrogen and oxygen atoms in total. The van der Waals surface area contributed by atoms with Gasteiger partial charge in [-0.05, 0) is 24.7 Å². The predicted octanol–water partition coefficient (Wildman–Crippen LogP) is 13.4. The van der Waals surface area contributed by atoms with Gasteiger partial charge >= 0.3 is 7.82 Å². The molecule has 1 saturated heterocycles. The molecule has 0 radical (unpaired) electrons. The van der Waals surface area contributed by atoms with Crippen LogP contribution in [0.15, 0.2) is 0 Å². The third-order valence-corrected chi connectivity index (χ3v) is 13.9. The average molecular weight is 814 g/mol. The van der Waals surface area contributed by atoms with Crippen LogP contribution >= 0.6 is 7.82 Å². The van der Waals surface area contributed by atoms with E-state index in [2.05, 4.69) is 4.90 Å². The lowest BCUT2D eigenvalue weighted by molar-refractivity contribution is -0.0448. The van der Waals surface area contributed by atoms with Crippen molar-refractivity contribution in [1.29, 1.82) is 0 Å². The number of rotatable bonds is 38. The van der Waals surface area contributed by atoms with Crippen LogP contribution in [0.2, 0.25) is 0 Å². The summed E-state index contributed by atoms with van der Waals surface area (Å²) in [6, 6.07) is 0.